The normalized spacial score (nSPS) is 13.3. The van der Waals surface area contributed by atoms with Gasteiger partial charge in [0.2, 0.25) is 0 Å². The Bertz CT molecular complexity index is 3730. The molecule has 3 aromatic heterocycles. The van der Waals surface area contributed by atoms with Crippen LogP contribution < -0.4 is 0 Å². The molecule has 13 rings (SSSR count). The molecule has 60 heavy (non-hydrogen) atoms. The SMILES string of the molecule is CC1(C)c2ccccc2-c2c1ccc1c2oc2c(-c3ccc(-n4c5ccccc5c5cc(-c6ccc7c8ccccc8n(-c8ccccc8)c7c6)ccc54)cc3)cccc21. The molecule has 0 N–H and O–H groups in total. The molecule has 0 fully saturated rings. The molecule has 9 aromatic carbocycles. The second-order valence-corrected chi connectivity index (χ2v) is 16.9. The Balaban J connectivity index is 0.923. The summed E-state index contributed by atoms with van der Waals surface area (Å²) in [5, 5.41) is 7.31. The number of hydrogen-bond acceptors (Lipinski definition) is 1. The lowest BCUT2D eigenvalue weighted by Gasteiger charge is -2.21. The maximum absolute atomic E-state index is 6.96. The van der Waals surface area contributed by atoms with Crippen LogP contribution in [0.25, 0.3) is 110 Å². The van der Waals surface area contributed by atoms with Gasteiger partial charge in [-0.1, -0.05) is 153 Å². The Labute approximate surface area is 347 Å². The number of nitrogens with zero attached hydrogens (tertiary/aromatic N) is 2. The molecule has 3 heteroatoms. The van der Waals surface area contributed by atoms with E-state index in [1.165, 1.54) is 77.0 Å². The molecule has 0 unspecified atom stereocenters. The van der Waals surface area contributed by atoms with Crippen molar-refractivity contribution in [3.8, 4) is 44.8 Å². The van der Waals surface area contributed by atoms with E-state index in [1.807, 2.05) is 0 Å². The third-order valence-corrected chi connectivity index (χ3v) is 13.3. The van der Waals surface area contributed by atoms with E-state index in [-0.39, 0.29) is 5.41 Å². The van der Waals surface area contributed by atoms with Gasteiger partial charge < -0.3 is 13.6 Å². The third kappa shape index (κ3) is 4.55. The predicted molar refractivity (Wildman–Crippen MR) is 251 cm³/mol. The van der Waals surface area contributed by atoms with Gasteiger partial charge in [-0.25, -0.2) is 0 Å². The highest BCUT2D eigenvalue weighted by atomic mass is 16.3. The highest BCUT2D eigenvalue weighted by Gasteiger charge is 2.37. The van der Waals surface area contributed by atoms with Crippen LogP contribution in [0.15, 0.2) is 199 Å². The average molecular weight is 767 g/mol. The maximum Gasteiger partial charge on any atom is 0.143 e. The molecule has 282 valence electrons. The Morgan fingerprint density at radius 1 is 0.350 bits per heavy atom. The van der Waals surface area contributed by atoms with Crippen LogP contribution in [0, 0.1) is 0 Å². The van der Waals surface area contributed by atoms with E-state index in [9.17, 15) is 0 Å². The largest absolute Gasteiger partial charge is 0.455 e. The van der Waals surface area contributed by atoms with Crippen LogP contribution in [-0.2, 0) is 5.41 Å². The zero-order valence-electron chi connectivity index (χ0n) is 33.3. The summed E-state index contributed by atoms with van der Waals surface area (Å²) in [7, 11) is 0. The third-order valence-electron chi connectivity index (χ3n) is 13.3. The molecule has 3 heterocycles. The molecule has 0 bridgehead atoms. The topological polar surface area (TPSA) is 23.0 Å². The van der Waals surface area contributed by atoms with Gasteiger partial charge in [0.1, 0.15) is 11.2 Å². The monoisotopic (exact) mass is 766 g/mol. The van der Waals surface area contributed by atoms with Gasteiger partial charge in [-0.05, 0) is 88.0 Å². The molecule has 0 radical (unpaired) electrons. The Hall–Kier alpha value is -7.62. The van der Waals surface area contributed by atoms with E-state index in [2.05, 4.69) is 217 Å². The minimum absolute atomic E-state index is 0.0780. The smallest absolute Gasteiger partial charge is 0.143 e. The lowest BCUT2D eigenvalue weighted by Crippen LogP contribution is -2.14. The first-order valence-electron chi connectivity index (χ1n) is 20.8. The molecule has 0 saturated heterocycles. The lowest BCUT2D eigenvalue weighted by molar-refractivity contribution is 0.653. The predicted octanol–water partition coefficient (Wildman–Crippen LogP) is 15.4. The van der Waals surface area contributed by atoms with Crippen molar-refractivity contribution in [1.82, 2.24) is 9.13 Å². The van der Waals surface area contributed by atoms with Gasteiger partial charge in [-0.3, -0.25) is 0 Å². The van der Waals surface area contributed by atoms with Crippen LogP contribution >= 0.6 is 0 Å². The first-order chi connectivity index (χ1) is 29.5. The zero-order chi connectivity index (χ0) is 39.7. The van der Waals surface area contributed by atoms with E-state index in [0.717, 1.165) is 44.4 Å². The van der Waals surface area contributed by atoms with Gasteiger partial charge >= 0.3 is 0 Å². The summed E-state index contributed by atoms with van der Waals surface area (Å²) in [6.45, 7) is 4.64. The number of fused-ring (bicyclic) bond motifs is 13. The van der Waals surface area contributed by atoms with Gasteiger partial charge in [-0.15, -0.1) is 0 Å². The van der Waals surface area contributed by atoms with Crippen molar-refractivity contribution >= 4 is 65.6 Å². The van der Waals surface area contributed by atoms with E-state index in [1.54, 1.807) is 0 Å². The fourth-order valence-corrected chi connectivity index (χ4v) is 10.5. The fraction of sp³-hybridized carbons (Fsp3) is 0.0526. The summed E-state index contributed by atoms with van der Waals surface area (Å²) in [5.74, 6) is 0. The molecule has 1 aliphatic carbocycles. The molecular weight excluding hydrogens is 729 g/mol. The summed E-state index contributed by atoms with van der Waals surface area (Å²) in [6.07, 6.45) is 0. The van der Waals surface area contributed by atoms with Crippen molar-refractivity contribution in [1.29, 1.82) is 0 Å². The molecule has 12 aromatic rings. The van der Waals surface area contributed by atoms with Gasteiger partial charge in [0.05, 0.1) is 22.1 Å². The van der Waals surface area contributed by atoms with Crippen molar-refractivity contribution in [2.75, 3.05) is 0 Å². The Kier molecular flexibility index (Phi) is 6.78. The van der Waals surface area contributed by atoms with Crippen LogP contribution in [0.5, 0.6) is 0 Å². The summed E-state index contributed by atoms with van der Waals surface area (Å²) in [4.78, 5) is 0. The fourth-order valence-electron chi connectivity index (χ4n) is 10.5. The summed E-state index contributed by atoms with van der Waals surface area (Å²) >= 11 is 0. The number of hydrogen-bond donors (Lipinski definition) is 0. The number of benzene rings is 9. The van der Waals surface area contributed by atoms with Crippen LogP contribution in [0.4, 0.5) is 0 Å². The average Bonchev–Trinajstić information content (AvgIpc) is 4.01. The van der Waals surface area contributed by atoms with Crippen molar-refractivity contribution in [3.63, 3.8) is 0 Å². The summed E-state index contributed by atoms with van der Waals surface area (Å²) in [6, 6.07) is 71.0. The highest BCUT2D eigenvalue weighted by Crippen LogP contribution is 2.53. The van der Waals surface area contributed by atoms with E-state index in [4.69, 9.17) is 4.42 Å². The minimum Gasteiger partial charge on any atom is -0.455 e. The lowest BCUT2D eigenvalue weighted by atomic mass is 9.82. The molecule has 1 aliphatic rings. The van der Waals surface area contributed by atoms with Crippen LogP contribution in [0.1, 0.15) is 25.0 Å². The van der Waals surface area contributed by atoms with Crippen molar-refractivity contribution in [2.45, 2.75) is 19.3 Å². The molecule has 0 atom stereocenters. The highest BCUT2D eigenvalue weighted by molar-refractivity contribution is 6.15. The molecule has 3 nitrogen and oxygen atoms in total. The first-order valence-corrected chi connectivity index (χ1v) is 20.8. The first kappa shape index (κ1) is 33.4. The number of aromatic nitrogens is 2. The second-order valence-electron chi connectivity index (χ2n) is 16.9. The van der Waals surface area contributed by atoms with Crippen LogP contribution in [0.3, 0.4) is 0 Å². The molecule has 0 aliphatic heterocycles. The zero-order valence-corrected chi connectivity index (χ0v) is 33.3. The molecule has 0 amide bonds. The molecule has 0 saturated carbocycles. The summed E-state index contributed by atoms with van der Waals surface area (Å²) < 4.78 is 11.8. The number of para-hydroxylation sites is 4. The van der Waals surface area contributed by atoms with Crippen molar-refractivity contribution < 1.29 is 4.42 Å². The van der Waals surface area contributed by atoms with Crippen LogP contribution in [-0.4, -0.2) is 9.13 Å². The Morgan fingerprint density at radius 2 is 0.900 bits per heavy atom. The minimum atomic E-state index is -0.0780. The molecule has 0 spiro atoms. The number of rotatable bonds is 4. The van der Waals surface area contributed by atoms with E-state index >= 15 is 0 Å². The Morgan fingerprint density at radius 3 is 1.72 bits per heavy atom. The van der Waals surface area contributed by atoms with Crippen LogP contribution in [0.2, 0.25) is 0 Å². The van der Waals surface area contributed by atoms with Crippen molar-refractivity contribution in [3.05, 3.63) is 205 Å². The second kappa shape index (κ2) is 12.2. The maximum atomic E-state index is 6.96. The summed E-state index contributed by atoms with van der Waals surface area (Å²) in [5.41, 5.74) is 18.7. The number of furan rings is 1. The van der Waals surface area contributed by atoms with Crippen molar-refractivity contribution in [2.24, 2.45) is 0 Å². The standard InChI is InChI=1S/C57H38N2O/c1-57(2)48-20-9-6-17-46(48)54-49(57)31-30-45-44-19-12-18-40(55(44)60-56(45)54)35-23-27-39(28-24-35)58-51-22-11-8-16-42(51)47-33-36(26-32-52(47)58)37-25-29-43-41-15-7-10-21-50(41)59(53(43)34-37)38-13-4-3-5-14-38/h3-34H,1-2H3. The van der Waals surface area contributed by atoms with Gasteiger partial charge in [0.15, 0.2) is 0 Å². The molecular formula is C57H38N2O. The van der Waals surface area contributed by atoms with E-state index < -0.39 is 0 Å². The van der Waals surface area contributed by atoms with E-state index in [0.29, 0.717) is 0 Å². The van der Waals surface area contributed by atoms with Gasteiger partial charge in [0.25, 0.3) is 0 Å². The quantitative estimate of drug-likeness (QED) is 0.175. The van der Waals surface area contributed by atoms with Gasteiger partial charge in [-0.2, -0.15) is 0 Å². The van der Waals surface area contributed by atoms with Gasteiger partial charge in [0, 0.05) is 60.2 Å².